The summed E-state index contributed by atoms with van der Waals surface area (Å²) < 4.78 is 11.3. The fraction of sp³-hybridized carbons (Fsp3) is 0.370. The van der Waals surface area contributed by atoms with Crippen LogP contribution in [0.15, 0.2) is 54.1 Å². The zero-order chi connectivity index (χ0) is 24.7. The van der Waals surface area contributed by atoms with E-state index in [1.54, 1.807) is 47.4 Å². The predicted octanol–water partition coefficient (Wildman–Crippen LogP) is 3.21. The van der Waals surface area contributed by atoms with Crippen LogP contribution in [0.1, 0.15) is 37.8 Å². The lowest BCUT2D eigenvalue weighted by atomic mass is 9.81. The molecule has 3 heterocycles. The van der Waals surface area contributed by atoms with E-state index in [1.165, 1.54) is 4.90 Å². The second kappa shape index (κ2) is 8.85. The number of Topliss-reactive ketones (excluding diaryl/α,β-unsaturated/α-hetero) is 1. The van der Waals surface area contributed by atoms with Crippen molar-refractivity contribution in [2.45, 2.75) is 38.3 Å². The molecule has 2 saturated heterocycles. The van der Waals surface area contributed by atoms with E-state index in [9.17, 15) is 19.5 Å². The molecular formula is C27H28N2O6. The Bertz CT molecular complexity index is 1210. The fourth-order valence-corrected chi connectivity index (χ4v) is 5.44. The van der Waals surface area contributed by atoms with Gasteiger partial charge in [0.25, 0.3) is 17.6 Å². The maximum absolute atomic E-state index is 14.2. The smallest absolute Gasteiger partial charge is 0.296 e. The van der Waals surface area contributed by atoms with E-state index < -0.39 is 23.1 Å². The van der Waals surface area contributed by atoms with Crippen LogP contribution in [-0.4, -0.2) is 60.0 Å². The summed E-state index contributed by atoms with van der Waals surface area (Å²) in [5.41, 5.74) is -0.510. The summed E-state index contributed by atoms with van der Waals surface area (Å²) in [5, 5.41) is 11.5. The first kappa shape index (κ1) is 23.1. The zero-order valence-electron chi connectivity index (χ0n) is 19.8. The van der Waals surface area contributed by atoms with Gasteiger partial charge in [0.05, 0.1) is 24.0 Å². The van der Waals surface area contributed by atoms with Gasteiger partial charge in [0.1, 0.15) is 11.5 Å². The van der Waals surface area contributed by atoms with Gasteiger partial charge in [-0.05, 0) is 57.0 Å². The molecule has 5 rings (SSSR count). The maximum atomic E-state index is 14.2. The number of fused-ring (bicyclic) bond motifs is 2. The van der Waals surface area contributed by atoms with Gasteiger partial charge >= 0.3 is 0 Å². The van der Waals surface area contributed by atoms with E-state index >= 15 is 0 Å². The highest BCUT2D eigenvalue weighted by Crippen LogP contribution is 2.53. The molecule has 0 saturated carbocycles. The number of rotatable bonds is 6. The number of carbonyl (C=O) groups excluding carboxylic acids is 3. The molecule has 3 aliphatic rings. The molecule has 2 atom stereocenters. The summed E-state index contributed by atoms with van der Waals surface area (Å²) in [7, 11) is 0. The van der Waals surface area contributed by atoms with Gasteiger partial charge in [0, 0.05) is 30.8 Å². The Morgan fingerprint density at radius 3 is 2.51 bits per heavy atom. The SMILES string of the molecule is CCOc1ccc(C(O)=C2C(=O)C(=O)N(C[C@@H]3CCCO3)[C@]23C(=O)N(CC)c2ccccc23)cc1. The molecular weight excluding hydrogens is 448 g/mol. The third-order valence-electron chi connectivity index (χ3n) is 6.97. The first-order valence-electron chi connectivity index (χ1n) is 12.0. The van der Waals surface area contributed by atoms with Crippen LogP contribution in [0.2, 0.25) is 0 Å². The van der Waals surface area contributed by atoms with Crippen molar-refractivity contribution < 1.29 is 29.0 Å². The molecule has 0 bridgehead atoms. The number of likely N-dealkylation sites (tertiary alicyclic amines) is 1. The van der Waals surface area contributed by atoms with Crippen LogP contribution in [0.4, 0.5) is 5.69 Å². The maximum Gasteiger partial charge on any atom is 0.296 e. The molecule has 2 aromatic carbocycles. The van der Waals surface area contributed by atoms with Crippen molar-refractivity contribution in [1.82, 2.24) is 4.90 Å². The van der Waals surface area contributed by atoms with Gasteiger partial charge in [-0.1, -0.05) is 18.2 Å². The lowest BCUT2D eigenvalue weighted by Crippen LogP contribution is -2.53. The van der Waals surface area contributed by atoms with Crippen molar-refractivity contribution >= 4 is 29.0 Å². The van der Waals surface area contributed by atoms with Gasteiger partial charge in [-0.25, -0.2) is 0 Å². The second-order valence-corrected chi connectivity index (χ2v) is 8.84. The Hall–Kier alpha value is -3.65. The molecule has 3 aliphatic heterocycles. The van der Waals surface area contributed by atoms with E-state index in [4.69, 9.17) is 9.47 Å². The molecule has 2 fully saturated rings. The fourth-order valence-electron chi connectivity index (χ4n) is 5.44. The first-order valence-corrected chi connectivity index (χ1v) is 12.0. The monoisotopic (exact) mass is 476 g/mol. The molecule has 35 heavy (non-hydrogen) atoms. The third kappa shape index (κ3) is 3.35. The number of benzene rings is 2. The summed E-state index contributed by atoms with van der Waals surface area (Å²) in [6, 6.07) is 13.7. The average molecular weight is 477 g/mol. The molecule has 8 heteroatoms. The van der Waals surface area contributed by atoms with Crippen molar-refractivity contribution in [1.29, 1.82) is 0 Å². The number of ketones is 1. The van der Waals surface area contributed by atoms with Crippen molar-refractivity contribution in [3.05, 3.63) is 65.2 Å². The van der Waals surface area contributed by atoms with Crippen LogP contribution in [0.5, 0.6) is 5.75 Å². The van der Waals surface area contributed by atoms with E-state index in [-0.39, 0.29) is 24.0 Å². The van der Waals surface area contributed by atoms with Crippen molar-refractivity contribution in [2.24, 2.45) is 0 Å². The van der Waals surface area contributed by atoms with Crippen molar-refractivity contribution in [2.75, 3.05) is 31.2 Å². The number of likely N-dealkylation sites (N-methyl/N-ethyl adjacent to an activating group) is 1. The Morgan fingerprint density at radius 1 is 1.11 bits per heavy atom. The molecule has 1 N–H and O–H groups in total. The van der Waals surface area contributed by atoms with Gasteiger partial charge in [-0.3, -0.25) is 14.4 Å². The summed E-state index contributed by atoms with van der Waals surface area (Å²) in [6.07, 6.45) is 1.29. The Labute approximate surface area is 203 Å². The summed E-state index contributed by atoms with van der Waals surface area (Å²) in [5.74, 6) is -1.89. The summed E-state index contributed by atoms with van der Waals surface area (Å²) in [6.45, 7) is 5.20. The molecule has 8 nitrogen and oxygen atoms in total. The lowest BCUT2D eigenvalue weighted by Gasteiger charge is -2.35. The van der Waals surface area contributed by atoms with Gasteiger partial charge < -0.3 is 24.4 Å². The minimum atomic E-state index is -1.75. The van der Waals surface area contributed by atoms with E-state index in [0.717, 1.165) is 12.8 Å². The van der Waals surface area contributed by atoms with E-state index in [0.29, 0.717) is 42.3 Å². The molecule has 182 valence electrons. The predicted molar refractivity (Wildman–Crippen MR) is 129 cm³/mol. The standard InChI is InChI=1S/C27H28N2O6/c1-3-28-21-10-6-5-9-20(21)27(26(28)33)22(23(30)17-11-13-18(14-12-17)34-4-2)24(31)25(32)29(27)16-19-8-7-15-35-19/h5-6,9-14,19,30H,3-4,7-8,15-16H2,1-2H3/t19-,27-/m0/s1. The van der Waals surface area contributed by atoms with Crippen LogP contribution in [-0.2, 0) is 24.7 Å². The number of ether oxygens (including phenoxy) is 2. The normalized spacial score (nSPS) is 25.1. The minimum Gasteiger partial charge on any atom is -0.507 e. The molecule has 0 aliphatic carbocycles. The van der Waals surface area contributed by atoms with Crippen LogP contribution in [0.3, 0.4) is 0 Å². The van der Waals surface area contributed by atoms with Gasteiger partial charge in [-0.2, -0.15) is 0 Å². The minimum absolute atomic E-state index is 0.0856. The number of hydrogen-bond donors (Lipinski definition) is 1. The van der Waals surface area contributed by atoms with E-state index in [1.807, 2.05) is 19.9 Å². The highest BCUT2D eigenvalue weighted by atomic mass is 16.5. The number of anilines is 1. The number of nitrogens with zero attached hydrogens (tertiary/aromatic N) is 2. The largest absolute Gasteiger partial charge is 0.507 e. The van der Waals surface area contributed by atoms with Crippen molar-refractivity contribution in [3.63, 3.8) is 0 Å². The van der Waals surface area contributed by atoms with Crippen LogP contribution >= 0.6 is 0 Å². The van der Waals surface area contributed by atoms with Crippen molar-refractivity contribution in [3.8, 4) is 5.75 Å². The van der Waals surface area contributed by atoms with Gasteiger partial charge in [-0.15, -0.1) is 0 Å². The highest BCUT2D eigenvalue weighted by Gasteiger charge is 2.67. The third-order valence-corrected chi connectivity index (χ3v) is 6.97. The number of carbonyl (C=O) groups is 3. The first-order chi connectivity index (χ1) is 16.9. The molecule has 0 aromatic heterocycles. The summed E-state index contributed by atoms with van der Waals surface area (Å²) in [4.78, 5) is 44.1. The number of aliphatic hydroxyl groups is 1. The quantitative estimate of drug-likeness (QED) is 0.391. The van der Waals surface area contributed by atoms with Gasteiger partial charge in [0.15, 0.2) is 5.54 Å². The molecule has 0 radical (unpaired) electrons. The summed E-state index contributed by atoms with van der Waals surface area (Å²) >= 11 is 0. The molecule has 1 spiro atoms. The van der Waals surface area contributed by atoms with Gasteiger partial charge in [0.2, 0.25) is 0 Å². The molecule has 2 aromatic rings. The average Bonchev–Trinajstić information content (AvgIpc) is 3.53. The van der Waals surface area contributed by atoms with Crippen LogP contribution in [0, 0.1) is 0 Å². The van der Waals surface area contributed by atoms with Crippen LogP contribution < -0.4 is 9.64 Å². The number of aliphatic hydroxyl groups excluding tert-OH is 1. The molecule has 2 amide bonds. The topological polar surface area (TPSA) is 96.4 Å². The lowest BCUT2D eigenvalue weighted by molar-refractivity contribution is -0.145. The number of para-hydroxylation sites is 1. The Morgan fingerprint density at radius 2 is 1.86 bits per heavy atom. The number of hydrogen-bond acceptors (Lipinski definition) is 6. The highest BCUT2D eigenvalue weighted by molar-refractivity contribution is 6.50. The Balaban J connectivity index is 1.74. The Kier molecular flexibility index (Phi) is 5.84. The number of amides is 2. The molecule has 0 unspecified atom stereocenters. The zero-order valence-corrected chi connectivity index (χ0v) is 19.8. The van der Waals surface area contributed by atoms with Crippen LogP contribution in [0.25, 0.3) is 5.76 Å². The second-order valence-electron chi connectivity index (χ2n) is 8.84. The van der Waals surface area contributed by atoms with E-state index in [2.05, 4.69) is 0 Å².